The van der Waals surface area contributed by atoms with Gasteiger partial charge in [0, 0.05) is 18.7 Å². The average Bonchev–Trinajstić information content (AvgIpc) is 3.17. The van der Waals surface area contributed by atoms with Gasteiger partial charge in [-0.25, -0.2) is 0 Å². The quantitative estimate of drug-likeness (QED) is 0.792. The maximum absolute atomic E-state index is 12.1. The molecule has 1 aliphatic rings. The van der Waals surface area contributed by atoms with Crippen molar-refractivity contribution in [3.8, 4) is 5.75 Å². The molecule has 0 radical (unpaired) electrons. The van der Waals surface area contributed by atoms with Gasteiger partial charge in [-0.05, 0) is 18.9 Å². The van der Waals surface area contributed by atoms with Crippen molar-refractivity contribution in [2.45, 2.75) is 18.3 Å². The molecular formula is C13H18N2O2. The first-order valence-electron chi connectivity index (χ1n) is 5.86. The fraction of sp³-hybridized carbons (Fsp3) is 0.462. The highest BCUT2D eigenvalue weighted by Gasteiger charge is 2.52. The molecule has 1 saturated carbocycles. The maximum Gasteiger partial charge on any atom is 0.230 e. The van der Waals surface area contributed by atoms with Gasteiger partial charge in [0.15, 0.2) is 0 Å². The van der Waals surface area contributed by atoms with Crippen molar-refractivity contribution >= 4 is 5.91 Å². The van der Waals surface area contributed by atoms with E-state index >= 15 is 0 Å². The number of para-hydroxylation sites is 1. The fourth-order valence-electron chi connectivity index (χ4n) is 2.14. The summed E-state index contributed by atoms with van der Waals surface area (Å²) in [7, 11) is 1.63. The third kappa shape index (κ3) is 2.13. The molecule has 1 fully saturated rings. The zero-order valence-electron chi connectivity index (χ0n) is 10.0. The minimum atomic E-state index is -0.387. The van der Waals surface area contributed by atoms with E-state index in [4.69, 9.17) is 10.5 Å². The van der Waals surface area contributed by atoms with Crippen LogP contribution in [0.3, 0.4) is 0 Å². The third-order valence-electron chi connectivity index (χ3n) is 3.24. The highest BCUT2D eigenvalue weighted by atomic mass is 16.5. The molecule has 17 heavy (non-hydrogen) atoms. The monoisotopic (exact) mass is 234 g/mol. The van der Waals surface area contributed by atoms with E-state index < -0.39 is 0 Å². The summed E-state index contributed by atoms with van der Waals surface area (Å²) < 4.78 is 5.32. The number of nitrogens with two attached hydrogens (primary N) is 1. The molecule has 4 nitrogen and oxygen atoms in total. The molecule has 1 amide bonds. The van der Waals surface area contributed by atoms with E-state index in [1.165, 1.54) is 0 Å². The third-order valence-corrected chi connectivity index (χ3v) is 3.24. The van der Waals surface area contributed by atoms with Gasteiger partial charge in [-0.1, -0.05) is 18.2 Å². The second-order valence-electron chi connectivity index (χ2n) is 4.33. The van der Waals surface area contributed by atoms with Gasteiger partial charge in [-0.3, -0.25) is 4.79 Å². The highest BCUT2D eigenvalue weighted by molar-refractivity contribution is 5.92. The molecule has 3 N–H and O–H groups in total. The van der Waals surface area contributed by atoms with Crippen LogP contribution in [0.1, 0.15) is 18.4 Å². The van der Waals surface area contributed by atoms with Gasteiger partial charge in [0.05, 0.1) is 12.5 Å². The Kier molecular flexibility index (Phi) is 3.33. The van der Waals surface area contributed by atoms with E-state index in [0.29, 0.717) is 13.1 Å². The second kappa shape index (κ2) is 4.75. The summed E-state index contributed by atoms with van der Waals surface area (Å²) in [6.07, 6.45) is 1.76. The number of benzene rings is 1. The van der Waals surface area contributed by atoms with Gasteiger partial charge in [0.1, 0.15) is 5.75 Å². The van der Waals surface area contributed by atoms with Crippen LogP contribution < -0.4 is 15.8 Å². The highest BCUT2D eigenvalue weighted by Crippen LogP contribution is 2.51. The molecule has 2 rings (SSSR count). The Morgan fingerprint density at radius 1 is 1.47 bits per heavy atom. The Bertz CT molecular complexity index is 414. The lowest BCUT2D eigenvalue weighted by molar-refractivity contribution is -0.123. The zero-order valence-corrected chi connectivity index (χ0v) is 10.0. The molecule has 0 aromatic heterocycles. The minimum absolute atomic E-state index is 0.0625. The number of amides is 1. The molecular weight excluding hydrogens is 216 g/mol. The van der Waals surface area contributed by atoms with Crippen molar-refractivity contribution < 1.29 is 9.53 Å². The Morgan fingerprint density at radius 2 is 2.18 bits per heavy atom. The van der Waals surface area contributed by atoms with Crippen LogP contribution >= 0.6 is 0 Å². The van der Waals surface area contributed by atoms with Gasteiger partial charge in [-0.2, -0.15) is 0 Å². The Labute approximate surface area is 101 Å². The largest absolute Gasteiger partial charge is 0.496 e. The van der Waals surface area contributed by atoms with Crippen LogP contribution in [-0.2, 0) is 10.2 Å². The Balaban J connectivity index is 2.23. The van der Waals surface area contributed by atoms with Crippen molar-refractivity contribution in [3.63, 3.8) is 0 Å². The van der Waals surface area contributed by atoms with E-state index in [-0.39, 0.29) is 11.3 Å². The predicted octanol–water partition coefficient (Wildman–Crippen LogP) is 0.802. The number of methoxy groups -OCH3 is 1. The van der Waals surface area contributed by atoms with Crippen molar-refractivity contribution in [2.75, 3.05) is 20.2 Å². The normalized spacial score (nSPS) is 16.4. The lowest BCUT2D eigenvalue weighted by atomic mass is 9.94. The summed E-state index contributed by atoms with van der Waals surface area (Å²) in [6.45, 7) is 0.990. The van der Waals surface area contributed by atoms with E-state index in [2.05, 4.69) is 5.32 Å². The molecule has 0 heterocycles. The molecule has 0 aliphatic heterocycles. The molecule has 4 heteroatoms. The van der Waals surface area contributed by atoms with Crippen molar-refractivity contribution in [1.29, 1.82) is 0 Å². The van der Waals surface area contributed by atoms with Crippen LogP contribution in [0.15, 0.2) is 24.3 Å². The van der Waals surface area contributed by atoms with Crippen LogP contribution in [0, 0.1) is 0 Å². The number of carbonyl (C=O) groups is 1. The van der Waals surface area contributed by atoms with E-state index in [0.717, 1.165) is 24.2 Å². The molecule has 0 spiro atoms. The van der Waals surface area contributed by atoms with Crippen molar-refractivity contribution in [2.24, 2.45) is 5.73 Å². The molecule has 0 saturated heterocycles. The summed E-state index contributed by atoms with van der Waals surface area (Å²) in [5.74, 6) is 0.848. The van der Waals surface area contributed by atoms with E-state index in [1.54, 1.807) is 7.11 Å². The average molecular weight is 234 g/mol. The minimum Gasteiger partial charge on any atom is -0.496 e. The summed E-state index contributed by atoms with van der Waals surface area (Å²) in [6, 6.07) is 7.71. The molecule has 0 bridgehead atoms. The first-order chi connectivity index (χ1) is 8.24. The number of carbonyl (C=O) groups excluding carboxylic acids is 1. The summed E-state index contributed by atoms with van der Waals surface area (Å²) in [5.41, 5.74) is 5.99. The van der Waals surface area contributed by atoms with Gasteiger partial charge in [0.2, 0.25) is 5.91 Å². The molecule has 1 aromatic carbocycles. The van der Waals surface area contributed by atoms with Crippen LogP contribution in [0.2, 0.25) is 0 Å². The van der Waals surface area contributed by atoms with Gasteiger partial charge in [-0.15, -0.1) is 0 Å². The van der Waals surface area contributed by atoms with Gasteiger partial charge >= 0.3 is 0 Å². The Hall–Kier alpha value is -1.55. The fourth-order valence-corrected chi connectivity index (χ4v) is 2.14. The number of rotatable bonds is 5. The lowest BCUT2D eigenvalue weighted by Gasteiger charge is -2.18. The SMILES string of the molecule is COc1ccccc1C1(C(=O)NCCN)CC1. The zero-order chi connectivity index (χ0) is 12.3. The molecule has 1 aliphatic carbocycles. The van der Waals surface area contributed by atoms with Crippen LogP contribution in [0.25, 0.3) is 0 Å². The van der Waals surface area contributed by atoms with Crippen molar-refractivity contribution in [1.82, 2.24) is 5.32 Å². The predicted molar refractivity (Wildman–Crippen MR) is 66.0 cm³/mol. The molecule has 0 atom stereocenters. The van der Waals surface area contributed by atoms with Crippen LogP contribution in [-0.4, -0.2) is 26.1 Å². The number of nitrogens with one attached hydrogen (secondary N) is 1. The summed E-state index contributed by atoms with van der Waals surface area (Å²) in [4.78, 5) is 12.1. The van der Waals surface area contributed by atoms with Gasteiger partial charge < -0.3 is 15.8 Å². The maximum atomic E-state index is 12.1. The Morgan fingerprint density at radius 3 is 2.76 bits per heavy atom. The number of hydrogen-bond donors (Lipinski definition) is 2. The summed E-state index contributed by atoms with van der Waals surface area (Å²) >= 11 is 0. The topological polar surface area (TPSA) is 64.3 Å². The second-order valence-corrected chi connectivity index (χ2v) is 4.33. The standard InChI is InChI=1S/C13H18N2O2/c1-17-11-5-3-2-4-10(11)13(6-7-13)12(16)15-9-8-14/h2-5H,6-9,14H2,1H3,(H,15,16). The number of ether oxygens (including phenoxy) is 1. The summed E-state index contributed by atoms with van der Waals surface area (Å²) in [5, 5.41) is 2.87. The number of hydrogen-bond acceptors (Lipinski definition) is 3. The smallest absolute Gasteiger partial charge is 0.230 e. The first kappa shape index (κ1) is 11.9. The molecule has 92 valence electrons. The van der Waals surface area contributed by atoms with Crippen LogP contribution in [0.5, 0.6) is 5.75 Å². The van der Waals surface area contributed by atoms with Gasteiger partial charge in [0.25, 0.3) is 0 Å². The molecule has 0 unspecified atom stereocenters. The molecule has 1 aromatic rings. The van der Waals surface area contributed by atoms with E-state index in [1.807, 2.05) is 24.3 Å². The first-order valence-corrected chi connectivity index (χ1v) is 5.86. The van der Waals surface area contributed by atoms with Crippen molar-refractivity contribution in [3.05, 3.63) is 29.8 Å². The van der Waals surface area contributed by atoms with E-state index in [9.17, 15) is 4.79 Å². The van der Waals surface area contributed by atoms with Crippen LogP contribution in [0.4, 0.5) is 0 Å². The lowest BCUT2D eigenvalue weighted by Crippen LogP contribution is -2.37.